The van der Waals surface area contributed by atoms with Crippen LogP contribution in [-0.4, -0.2) is 11.0 Å². The maximum absolute atomic E-state index is 12.2. The monoisotopic (exact) mass is 454 g/mol. The number of amides is 1. The zero-order valence-corrected chi connectivity index (χ0v) is 15.4. The second-order valence-corrected chi connectivity index (χ2v) is 6.61. The van der Waals surface area contributed by atoms with Gasteiger partial charge in [-0.15, -0.1) is 0 Å². The molecule has 0 bridgehead atoms. The number of carbonyl (C=O) groups excluding carboxylic acids is 1. The average molecular weight is 457 g/mol. The van der Waals surface area contributed by atoms with E-state index in [-0.39, 0.29) is 11.3 Å². The average Bonchev–Trinajstić information content (AvgIpc) is 2.52. The number of nitrogens with one attached hydrogen (secondary N) is 1. The van der Waals surface area contributed by atoms with Crippen LogP contribution in [0.3, 0.4) is 0 Å². The summed E-state index contributed by atoms with van der Waals surface area (Å²) in [5, 5.41) is 22.1. The van der Waals surface area contributed by atoms with E-state index in [2.05, 4.69) is 37.2 Å². The molecule has 0 saturated heterocycles. The second kappa shape index (κ2) is 7.64. The Kier molecular flexibility index (Phi) is 5.83. The smallest absolute Gasteiger partial charge is 0.266 e. The Morgan fingerprint density at radius 3 is 2.30 bits per heavy atom. The van der Waals surface area contributed by atoms with Gasteiger partial charge in [0.1, 0.15) is 17.4 Å². The van der Waals surface area contributed by atoms with Gasteiger partial charge in [0, 0.05) is 10.7 Å². The van der Waals surface area contributed by atoms with Crippen LogP contribution in [0.4, 0.5) is 5.69 Å². The molecule has 0 fully saturated rings. The second-order valence-electron chi connectivity index (χ2n) is 4.46. The van der Waals surface area contributed by atoms with Crippen LogP contribution in [0.15, 0.2) is 50.9 Å². The van der Waals surface area contributed by atoms with Crippen LogP contribution in [-0.2, 0) is 4.79 Å². The molecule has 0 aliphatic rings. The minimum absolute atomic E-state index is 0.0475. The SMILES string of the molecule is N#CC(=Cc1cc(Br)c(O)c(Br)c1)C(=O)Nc1ccc(Cl)cc1. The summed E-state index contributed by atoms with van der Waals surface area (Å²) in [6, 6.07) is 11.6. The Balaban J connectivity index is 2.26. The molecule has 2 aromatic carbocycles. The third-order valence-electron chi connectivity index (χ3n) is 2.82. The van der Waals surface area contributed by atoms with Gasteiger partial charge >= 0.3 is 0 Å². The molecule has 0 unspecified atom stereocenters. The maximum Gasteiger partial charge on any atom is 0.266 e. The highest BCUT2D eigenvalue weighted by molar-refractivity contribution is 9.11. The number of carbonyl (C=O) groups is 1. The van der Waals surface area contributed by atoms with Crippen LogP contribution >= 0.6 is 43.5 Å². The minimum Gasteiger partial charge on any atom is -0.506 e. The molecule has 0 atom stereocenters. The van der Waals surface area contributed by atoms with E-state index >= 15 is 0 Å². The summed E-state index contributed by atoms with van der Waals surface area (Å²) in [6.07, 6.45) is 1.43. The van der Waals surface area contributed by atoms with Crippen molar-refractivity contribution in [3.8, 4) is 11.8 Å². The van der Waals surface area contributed by atoms with E-state index in [1.807, 2.05) is 6.07 Å². The van der Waals surface area contributed by atoms with Gasteiger partial charge in [0.15, 0.2) is 0 Å². The molecule has 2 N–H and O–H groups in total. The lowest BCUT2D eigenvalue weighted by atomic mass is 10.1. The number of aromatic hydroxyl groups is 1. The summed E-state index contributed by atoms with van der Waals surface area (Å²) >= 11 is 12.2. The highest BCUT2D eigenvalue weighted by Crippen LogP contribution is 2.34. The van der Waals surface area contributed by atoms with Gasteiger partial charge in [-0.25, -0.2) is 0 Å². The first-order chi connectivity index (χ1) is 10.9. The van der Waals surface area contributed by atoms with Gasteiger partial charge in [0.25, 0.3) is 5.91 Å². The van der Waals surface area contributed by atoms with Gasteiger partial charge in [0.2, 0.25) is 0 Å². The molecule has 2 rings (SSSR count). The van der Waals surface area contributed by atoms with E-state index in [9.17, 15) is 15.2 Å². The quantitative estimate of drug-likeness (QED) is 0.498. The highest BCUT2D eigenvalue weighted by atomic mass is 79.9. The molecule has 4 nitrogen and oxygen atoms in total. The van der Waals surface area contributed by atoms with Gasteiger partial charge in [-0.1, -0.05) is 11.6 Å². The molecule has 7 heteroatoms. The molecule has 0 spiro atoms. The Morgan fingerprint density at radius 2 is 1.78 bits per heavy atom. The fourth-order valence-electron chi connectivity index (χ4n) is 1.72. The summed E-state index contributed by atoms with van der Waals surface area (Å²) in [4.78, 5) is 12.2. The molecule has 0 aliphatic heterocycles. The van der Waals surface area contributed by atoms with Crippen molar-refractivity contribution in [2.75, 3.05) is 5.32 Å². The zero-order valence-electron chi connectivity index (χ0n) is 11.5. The molecule has 0 radical (unpaired) electrons. The van der Waals surface area contributed by atoms with Gasteiger partial charge in [-0.05, 0) is 79.9 Å². The van der Waals surface area contributed by atoms with E-state index in [0.717, 1.165) is 0 Å². The van der Waals surface area contributed by atoms with Crippen molar-refractivity contribution < 1.29 is 9.90 Å². The van der Waals surface area contributed by atoms with Crippen molar-refractivity contribution in [3.63, 3.8) is 0 Å². The first-order valence-corrected chi connectivity index (χ1v) is 8.24. The van der Waals surface area contributed by atoms with E-state index in [1.54, 1.807) is 36.4 Å². The molecular weight excluding hydrogens is 447 g/mol. The van der Waals surface area contributed by atoms with Gasteiger partial charge in [0.05, 0.1) is 8.95 Å². The Labute approximate surface area is 154 Å². The van der Waals surface area contributed by atoms with Crippen molar-refractivity contribution in [3.05, 3.63) is 61.5 Å². The Bertz CT molecular complexity index is 804. The van der Waals surface area contributed by atoms with Crippen LogP contribution in [0.1, 0.15) is 5.56 Å². The molecule has 0 saturated carbocycles. The van der Waals surface area contributed by atoms with Crippen molar-refractivity contribution in [2.24, 2.45) is 0 Å². The van der Waals surface area contributed by atoms with E-state index in [1.165, 1.54) is 6.08 Å². The van der Waals surface area contributed by atoms with Crippen molar-refractivity contribution in [2.45, 2.75) is 0 Å². The van der Waals surface area contributed by atoms with Crippen molar-refractivity contribution in [1.82, 2.24) is 0 Å². The van der Waals surface area contributed by atoms with Gasteiger partial charge in [-0.3, -0.25) is 4.79 Å². The largest absolute Gasteiger partial charge is 0.506 e. The number of benzene rings is 2. The van der Waals surface area contributed by atoms with Gasteiger partial charge in [-0.2, -0.15) is 5.26 Å². The standard InChI is InChI=1S/C16H9Br2ClN2O2/c17-13-6-9(7-14(18)15(13)22)5-10(8-20)16(23)21-12-3-1-11(19)2-4-12/h1-7,22H,(H,21,23). The molecule has 116 valence electrons. The molecule has 0 aromatic heterocycles. The number of nitrogens with zero attached hydrogens (tertiary/aromatic N) is 1. The number of nitriles is 1. The predicted molar refractivity (Wildman–Crippen MR) is 97.2 cm³/mol. The van der Waals surface area contributed by atoms with Crippen LogP contribution in [0.5, 0.6) is 5.75 Å². The number of rotatable bonds is 3. The first-order valence-electron chi connectivity index (χ1n) is 6.27. The Morgan fingerprint density at radius 1 is 1.22 bits per heavy atom. The molecule has 23 heavy (non-hydrogen) atoms. The van der Waals surface area contributed by atoms with Crippen LogP contribution in [0, 0.1) is 11.3 Å². The fraction of sp³-hybridized carbons (Fsp3) is 0. The van der Waals surface area contributed by atoms with Crippen LogP contribution in [0.2, 0.25) is 5.02 Å². The molecule has 0 aliphatic carbocycles. The minimum atomic E-state index is -0.532. The number of anilines is 1. The normalized spacial score (nSPS) is 11.0. The summed E-state index contributed by atoms with van der Waals surface area (Å²) in [5.41, 5.74) is 1.06. The number of phenols is 1. The summed E-state index contributed by atoms with van der Waals surface area (Å²) in [5.74, 6) is -0.485. The lowest BCUT2D eigenvalue weighted by Crippen LogP contribution is -2.13. The topological polar surface area (TPSA) is 73.1 Å². The number of hydrogen-bond acceptors (Lipinski definition) is 3. The summed E-state index contributed by atoms with van der Waals surface area (Å²) in [6.45, 7) is 0. The van der Waals surface area contributed by atoms with Crippen molar-refractivity contribution in [1.29, 1.82) is 5.26 Å². The third kappa shape index (κ3) is 4.58. The lowest BCUT2D eigenvalue weighted by Gasteiger charge is -2.05. The molecule has 2 aromatic rings. The Hall–Kier alpha value is -1.81. The first kappa shape index (κ1) is 17.5. The van der Waals surface area contributed by atoms with E-state index in [0.29, 0.717) is 25.2 Å². The van der Waals surface area contributed by atoms with E-state index < -0.39 is 5.91 Å². The maximum atomic E-state index is 12.2. The van der Waals surface area contributed by atoms with Crippen LogP contribution < -0.4 is 5.32 Å². The summed E-state index contributed by atoms with van der Waals surface area (Å²) < 4.78 is 0.905. The lowest BCUT2D eigenvalue weighted by molar-refractivity contribution is -0.112. The van der Waals surface area contributed by atoms with Gasteiger partial charge < -0.3 is 10.4 Å². The number of phenolic OH excluding ortho intramolecular Hbond substituents is 1. The third-order valence-corrected chi connectivity index (χ3v) is 4.28. The van der Waals surface area contributed by atoms with Crippen molar-refractivity contribution >= 4 is 61.1 Å². The predicted octanol–water partition coefficient (Wildman–Crippen LogP) is 5.12. The molecule has 1 amide bonds. The van der Waals surface area contributed by atoms with Crippen LogP contribution in [0.25, 0.3) is 6.08 Å². The fourth-order valence-corrected chi connectivity index (χ4v) is 3.06. The molecule has 0 heterocycles. The number of halogens is 3. The number of hydrogen-bond donors (Lipinski definition) is 2. The highest BCUT2D eigenvalue weighted by Gasteiger charge is 2.11. The zero-order chi connectivity index (χ0) is 17.0. The summed E-state index contributed by atoms with van der Waals surface area (Å²) in [7, 11) is 0. The van der Waals surface area contributed by atoms with E-state index in [4.69, 9.17) is 11.6 Å². The molecular formula is C16H9Br2ClN2O2.